The first-order valence-corrected chi connectivity index (χ1v) is 23.6. The maximum Gasteiger partial charge on any atom is 0.281 e. The highest BCUT2D eigenvalue weighted by Crippen LogP contribution is 2.43. The number of benzene rings is 6. The molecule has 0 saturated carbocycles. The molecule has 6 aromatic carbocycles. The van der Waals surface area contributed by atoms with Gasteiger partial charge in [0.05, 0.1) is 21.2 Å². The van der Waals surface area contributed by atoms with E-state index in [1.54, 1.807) is 38.1 Å². The number of nitrogen functional groups attached to an aromatic ring is 2. The van der Waals surface area contributed by atoms with Gasteiger partial charge < -0.3 is 29.8 Å². The number of aromatic nitrogens is 6. The molecule has 4 heterocycles. The minimum atomic E-state index is -0.500. The van der Waals surface area contributed by atoms with Gasteiger partial charge in [-0.15, -0.1) is 20.4 Å². The van der Waals surface area contributed by atoms with Gasteiger partial charge in [-0.3, -0.25) is 20.2 Å². The molecule has 74 heavy (non-hydrogen) atoms. The first-order chi connectivity index (χ1) is 35.8. The predicted octanol–water partition coefficient (Wildman–Crippen LogP) is 11.4. The van der Waals surface area contributed by atoms with Crippen molar-refractivity contribution in [2.24, 2.45) is 0 Å². The zero-order chi connectivity index (χ0) is 51.9. The summed E-state index contributed by atoms with van der Waals surface area (Å²) in [5.41, 5.74) is 14.8. The van der Waals surface area contributed by atoms with Crippen molar-refractivity contribution in [3.63, 3.8) is 0 Å². The van der Waals surface area contributed by atoms with Crippen molar-refractivity contribution in [2.75, 3.05) is 11.5 Å². The lowest BCUT2D eigenvalue weighted by atomic mass is 9.99. The number of ether oxygens (including phenoxy) is 2. The fraction of sp³-hybridized carbons (Fsp3) is 0.0769. The lowest BCUT2D eigenvalue weighted by molar-refractivity contribution is -0.385. The summed E-state index contributed by atoms with van der Waals surface area (Å²) in [6.07, 6.45) is 0. The van der Waals surface area contributed by atoms with Crippen LogP contribution >= 0.6 is 23.5 Å². The molecule has 0 saturated heterocycles. The SMILES string of the molecule is Cc1nc(N)c(C#N)c(-c2cccc([N+](=O)[O-])c2)c1Sc1nnc(COc2ccc3ccccc3c2)o1.Cc1nc(N)c(C#N)c(-c2cccc([N+](=O)[O-])c2)c1Sc1nnc(COc2ccc3ccccc3c2)o1. The zero-order valence-corrected chi connectivity index (χ0v) is 40.5. The van der Waals surface area contributed by atoms with Gasteiger partial charge in [0.2, 0.25) is 0 Å². The van der Waals surface area contributed by atoms with E-state index in [1.165, 1.54) is 24.3 Å². The summed E-state index contributed by atoms with van der Waals surface area (Å²) >= 11 is 2.20. The van der Waals surface area contributed by atoms with Gasteiger partial charge in [0.15, 0.2) is 13.2 Å². The summed E-state index contributed by atoms with van der Waals surface area (Å²) in [5, 5.41) is 63.2. The van der Waals surface area contributed by atoms with E-state index < -0.39 is 9.85 Å². The van der Waals surface area contributed by atoms with Crippen LogP contribution in [-0.2, 0) is 13.2 Å². The molecule has 0 radical (unpaired) electrons. The number of rotatable bonds is 14. The summed E-state index contributed by atoms with van der Waals surface area (Å²) in [4.78, 5) is 31.3. The van der Waals surface area contributed by atoms with E-state index in [-0.39, 0.29) is 69.6 Å². The van der Waals surface area contributed by atoms with Crippen LogP contribution < -0.4 is 20.9 Å². The van der Waals surface area contributed by atoms with Crippen LogP contribution in [-0.4, -0.2) is 40.2 Å². The molecule has 0 unspecified atom stereocenters. The molecule has 0 amide bonds. The molecule has 20 nitrogen and oxygen atoms in total. The largest absolute Gasteiger partial charge is 0.484 e. The van der Waals surface area contributed by atoms with Gasteiger partial charge >= 0.3 is 0 Å². The average molecular weight is 1020 g/mol. The van der Waals surface area contributed by atoms with E-state index in [2.05, 4.69) is 42.5 Å². The van der Waals surface area contributed by atoms with E-state index >= 15 is 0 Å². The fourth-order valence-corrected chi connectivity index (χ4v) is 9.47. The Labute approximate surface area is 427 Å². The van der Waals surface area contributed by atoms with E-state index in [0.29, 0.717) is 54.9 Å². The average Bonchev–Trinajstić information content (AvgIpc) is 4.08. The quantitative estimate of drug-likeness (QED) is 0.0755. The van der Waals surface area contributed by atoms with Crippen molar-refractivity contribution in [2.45, 2.75) is 47.3 Å². The molecular formula is C52H36N12O8S2. The van der Waals surface area contributed by atoms with Crippen molar-refractivity contribution in [3.8, 4) is 45.9 Å². The Balaban J connectivity index is 0.000000182. The molecule has 0 atom stereocenters. The van der Waals surface area contributed by atoms with Gasteiger partial charge in [-0.1, -0.05) is 84.9 Å². The van der Waals surface area contributed by atoms with Crippen LogP contribution in [0.3, 0.4) is 0 Å². The molecule has 364 valence electrons. The van der Waals surface area contributed by atoms with Gasteiger partial charge in [0, 0.05) is 45.2 Å². The van der Waals surface area contributed by atoms with Crippen LogP contribution in [0.15, 0.2) is 163 Å². The maximum atomic E-state index is 11.3. The number of nitrogens with zero attached hydrogens (tertiary/aromatic N) is 10. The fourth-order valence-electron chi connectivity index (χ4n) is 7.65. The number of nitrogens with two attached hydrogens (primary N) is 2. The smallest absolute Gasteiger partial charge is 0.281 e. The summed E-state index contributed by atoms with van der Waals surface area (Å²) in [6.45, 7) is 3.57. The van der Waals surface area contributed by atoms with Crippen LogP contribution in [0.25, 0.3) is 43.8 Å². The summed E-state index contributed by atoms with van der Waals surface area (Å²) in [6, 6.07) is 43.5. The van der Waals surface area contributed by atoms with Gasteiger partial charge in [0.1, 0.15) is 46.4 Å². The molecule has 0 spiro atoms. The van der Waals surface area contributed by atoms with Crippen molar-refractivity contribution < 1.29 is 28.2 Å². The Hall–Kier alpha value is -9.90. The third kappa shape index (κ3) is 10.9. The highest BCUT2D eigenvalue weighted by Gasteiger charge is 2.25. The molecule has 0 aliphatic rings. The number of nitro benzene ring substituents is 2. The standard InChI is InChI=1S/2C26H18N6O4S/c2*1-15-24(23(21(13-27)25(28)29-15)18-7-4-8-19(11-18)32(33)34)37-26-31-30-22(36-26)14-35-20-10-9-16-5-2-3-6-17(16)12-20/h2*2-12H,14H2,1H3,(H2,28,29). The lowest BCUT2D eigenvalue weighted by Crippen LogP contribution is -2.03. The molecule has 10 aromatic rings. The maximum absolute atomic E-state index is 11.3. The Morgan fingerprint density at radius 1 is 0.554 bits per heavy atom. The number of anilines is 2. The highest BCUT2D eigenvalue weighted by molar-refractivity contribution is 7.99. The number of non-ortho nitro benzene ring substituents is 2. The van der Waals surface area contributed by atoms with Gasteiger partial charge in [-0.05, 0) is 94.3 Å². The number of nitriles is 2. The number of fused-ring (bicyclic) bond motifs is 2. The first kappa shape index (κ1) is 49.1. The van der Waals surface area contributed by atoms with Crippen LogP contribution in [0.4, 0.5) is 23.0 Å². The molecule has 22 heteroatoms. The Bertz CT molecular complexity index is 3640. The molecule has 0 aliphatic carbocycles. The van der Waals surface area contributed by atoms with E-state index in [9.17, 15) is 30.8 Å². The van der Waals surface area contributed by atoms with Crippen LogP contribution in [0, 0.1) is 56.7 Å². The van der Waals surface area contributed by atoms with Gasteiger partial charge in [-0.25, -0.2) is 9.97 Å². The summed E-state index contributed by atoms with van der Waals surface area (Å²) < 4.78 is 23.2. The summed E-state index contributed by atoms with van der Waals surface area (Å²) in [7, 11) is 0. The third-order valence-electron chi connectivity index (χ3n) is 11.1. The van der Waals surface area contributed by atoms with Crippen molar-refractivity contribution in [1.29, 1.82) is 10.5 Å². The normalized spacial score (nSPS) is 10.8. The first-order valence-electron chi connectivity index (χ1n) is 22.0. The van der Waals surface area contributed by atoms with Crippen LogP contribution in [0.1, 0.15) is 34.3 Å². The highest BCUT2D eigenvalue weighted by atomic mass is 32.2. The molecular weight excluding hydrogens is 985 g/mol. The Morgan fingerprint density at radius 3 is 1.35 bits per heavy atom. The van der Waals surface area contributed by atoms with Gasteiger partial charge in [-0.2, -0.15) is 10.5 Å². The van der Waals surface area contributed by atoms with Crippen LogP contribution in [0.2, 0.25) is 0 Å². The molecule has 0 aliphatic heterocycles. The van der Waals surface area contributed by atoms with Crippen molar-refractivity contribution in [3.05, 3.63) is 188 Å². The second kappa shape index (κ2) is 21.6. The molecule has 0 bridgehead atoms. The number of hydrogen-bond acceptors (Lipinski definition) is 20. The van der Waals surface area contributed by atoms with Crippen molar-refractivity contribution in [1.82, 2.24) is 30.4 Å². The molecule has 10 rings (SSSR count). The molecule has 4 N–H and O–H groups in total. The van der Waals surface area contributed by atoms with Crippen molar-refractivity contribution >= 4 is 68.1 Å². The number of hydrogen-bond donors (Lipinski definition) is 2. The molecule has 0 fully saturated rings. The van der Waals surface area contributed by atoms with Crippen LogP contribution in [0.5, 0.6) is 11.5 Å². The van der Waals surface area contributed by atoms with Gasteiger partial charge in [0.25, 0.3) is 33.6 Å². The number of pyridine rings is 2. The lowest BCUT2D eigenvalue weighted by Gasteiger charge is -2.14. The second-order valence-electron chi connectivity index (χ2n) is 15.9. The van der Waals surface area contributed by atoms with E-state index in [1.807, 2.05) is 84.9 Å². The zero-order valence-electron chi connectivity index (χ0n) is 38.8. The second-order valence-corrected chi connectivity index (χ2v) is 17.8. The Morgan fingerprint density at radius 2 is 0.959 bits per heavy atom. The number of aryl methyl sites for hydroxylation is 2. The Kier molecular flexibility index (Phi) is 14.3. The topological polar surface area (TPSA) is 308 Å². The predicted molar refractivity (Wildman–Crippen MR) is 274 cm³/mol. The molecule has 4 aromatic heterocycles. The monoisotopic (exact) mass is 1020 g/mol. The minimum Gasteiger partial charge on any atom is -0.484 e. The van der Waals surface area contributed by atoms with E-state index in [4.69, 9.17) is 29.8 Å². The minimum absolute atomic E-state index is 0.0286. The third-order valence-corrected chi connectivity index (χ3v) is 13.1. The number of nitro groups is 2. The van der Waals surface area contributed by atoms with E-state index in [0.717, 1.165) is 45.1 Å². The summed E-state index contributed by atoms with van der Waals surface area (Å²) in [5.74, 6) is 1.90.